The lowest BCUT2D eigenvalue weighted by Crippen LogP contribution is -2.25. The van der Waals surface area contributed by atoms with E-state index in [0.29, 0.717) is 17.8 Å². The van der Waals surface area contributed by atoms with Crippen molar-refractivity contribution in [3.63, 3.8) is 0 Å². The Kier molecular flexibility index (Phi) is 4.77. The van der Waals surface area contributed by atoms with Gasteiger partial charge in [-0.3, -0.25) is 14.1 Å². The number of benzene rings is 1. The number of hydrogen-bond donors (Lipinski definition) is 1. The van der Waals surface area contributed by atoms with Gasteiger partial charge in [-0.2, -0.15) is 0 Å². The molecule has 1 N–H and O–H groups in total. The van der Waals surface area contributed by atoms with Crippen molar-refractivity contribution < 1.29 is 13.2 Å². The molecule has 1 amide bonds. The molecule has 0 fully saturated rings. The molecule has 1 heterocycles. The van der Waals surface area contributed by atoms with E-state index in [2.05, 4.69) is 10.3 Å². The van der Waals surface area contributed by atoms with E-state index in [0.717, 1.165) is 16.1 Å². The van der Waals surface area contributed by atoms with Crippen LogP contribution >= 0.6 is 0 Å². The SMILES string of the molecule is CN(c1ccc(C(=O)NCc2ccncc2)cc1)S(C)(=O)=O. The Labute approximate surface area is 129 Å². The average Bonchev–Trinajstić information content (AvgIpc) is 2.52. The monoisotopic (exact) mass is 319 g/mol. The van der Waals surface area contributed by atoms with Crippen molar-refractivity contribution in [1.29, 1.82) is 0 Å². The van der Waals surface area contributed by atoms with E-state index >= 15 is 0 Å². The maximum absolute atomic E-state index is 12.0. The Morgan fingerprint density at radius 2 is 1.73 bits per heavy atom. The molecule has 0 spiro atoms. The lowest BCUT2D eigenvalue weighted by molar-refractivity contribution is 0.0951. The van der Waals surface area contributed by atoms with Crippen molar-refractivity contribution in [2.45, 2.75) is 6.54 Å². The molecule has 0 aliphatic heterocycles. The summed E-state index contributed by atoms with van der Waals surface area (Å²) in [4.78, 5) is 15.9. The summed E-state index contributed by atoms with van der Waals surface area (Å²) >= 11 is 0. The minimum atomic E-state index is -3.31. The zero-order valence-electron chi connectivity index (χ0n) is 12.4. The van der Waals surface area contributed by atoms with Crippen LogP contribution in [-0.4, -0.2) is 32.6 Å². The Bertz CT molecular complexity index is 743. The van der Waals surface area contributed by atoms with Gasteiger partial charge in [-0.15, -0.1) is 0 Å². The minimum Gasteiger partial charge on any atom is -0.348 e. The lowest BCUT2D eigenvalue weighted by Gasteiger charge is -2.16. The Balaban J connectivity index is 2.02. The van der Waals surface area contributed by atoms with Gasteiger partial charge in [-0.25, -0.2) is 8.42 Å². The third kappa shape index (κ3) is 4.05. The van der Waals surface area contributed by atoms with E-state index in [-0.39, 0.29) is 5.91 Å². The number of carbonyl (C=O) groups excluding carboxylic acids is 1. The standard InChI is InChI=1S/C15H17N3O3S/c1-18(22(2,20)21)14-5-3-13(4-6-14)15(19)17-11-12-7-9-16-10-8-12/h3-10H,11H2,1-2H3,(H,17,19). The summed E-state index contributed by atoms with van der Waals surface area (Å²) in [7, 11) is -1.84. The van der Waals surface area contributed by atoms with Crippen LogP contribution in [0.15, 0.2) is 48.8 Å². The van der Waals surface area contributed by atoms with E-state index in [9.17, 15) is 13.2 Å². The summed E-state index contributed by atoms with van der Waals surface area (Å²) in [6.07, 6.45) is 4.46. The molecule has 6 nitrogen and oxygen atoms in total. The van der Waals surface area contributed by atoms with Gasteiger partial charge in [-0.05, 0) is 42.0 Å². The molecule has 116 valence electrons. The van der Waals surface area contributed by atoms with Crippen molar-refractivity contribution in [2.75, 3.05) is 17.6 Å². The molecule has 2 rings (SSSR count). The van der Waals surface area contributed by atoms with Gasteiger partial charge in [0.05, 0.1) is 11.9 Å². The lowest BCUT2D eigenvalue weighted by atomic mass is 10.2. The van der Waals surface area contributed by atoms with Gasteiger partial charge in [0.15, 0.2) is 0 Å². The first-order valence-electron chi connectivity index (χ1n) is 6.59. The molecule has 0 aliphatic carbocycles. The van der Waals surface area contributed by atoms with Crippen molar-refractivity contribution in [2.24, 2.45) is 0 Å². The first kappa shape index (κ1) is 16.0. The van der Waals surface area contributed by atoms with Crippen molar-refractivity contribution in [3.8, 4) is 0 Å². The van der Waals surface area contributed by atoms with Gasteiger partial charge in [0.1, 0.15) is 0 Å². The highest BCUT2D eigenvalue weighted by Gasteiger charge is 2.12. The van der Waals surface area contributed by atoms with Crippen LogP contribution in [0.4, 0.5) is 5.69 Å². The van der Waals surface area contributed by atoms with Gasteiger partial charge in [0, 0.05) is 31.5 Å². The number of sulfonamides is 1. The van der Waals surface area contributed by atoms with E-state index in [1.54, 1.807) is 36.7 Å². The van der Waals surface area contributed by atoms with E-state index < -0.39 is 10.0 Å². The van der Waals surface area contributed by atoms with Gasteiger partial charge in [-0.1, -0.05) is 0 Å². The fraction of sp³-hybridized carbons (Fsp3) is 0.200. The number of nitrogens with zero attached hydrogens (tertiary/aromatic N) is 2. The number of anilines is 1. The normalized spacial score (nSPS) is 11.0. The number of carbonyl (C=O) groups is 1. The highest BCUT2D eigenvalue weighted by Crippen LogP contribution is 2.16. The van der Waals surface area contributed by atoms with Crippen LogP contribution in [-0.2, 0) is 16.6 Å². The van der Waals surface area contributed by atoms with Crippen LogP contribution in [0.1, 0.15) is 15.9 Å². The second-order valence-electron chi connectivity index (χ2n) is 4.82. The molecule has 1 aromatic heterocycles. The molecule has 0 radical (unpaired) electrons. The molecule has 0 aliphatic rings. The number of amides is 1. The summed E-state index contributed by atoms with van der Waals surface area (Å²) in [5, 5.41) is 2.80. The van der Waals surface area contributed by atoms with Crippen LogP contribution in [0, 0.1) is 0 Å². The highest BCUT2D eigenvalue weighted by atomic mass is 32.2. The van der Waals surface area contributed by atoms with Crippen LogP contribution in [0.25, 0.3) is 0 Å². The molecule has 0 atom stereocenters. The third-order valence-corrected chi connectivity index (χ3v) is 4.40. The summed E-state index contributed by atoms with van der Waals surface area (Å²) < 4.78 is 24.1. The molecular formula is C15H17N3O3S. The van der Waals surface area contributed by atoms with Crippen LogP contribution in [0.3, 0.4) is 0 Å². The topological polar surface area (TPSA) is 79.4 Å². The van der Waals surface area contributed by atoms with Gasteiger partial charge >= 0.3 is 0 Å². The fourth-order valence-electron chi connectivity index (χ4n) is 1.80. The van der Waals surface area contributed by atoms with Crippen LogP contribution in [0.5, 0.6) is 0 Å². The molecular weight excluding hydrogens is 302 g/mol. The number of nitrogens with one attached hydrogen (secondary N) is 1. The Hall–Kier alpha value is -2.41. The molecule has 0 bridgehead atoms. The summed E-state index contributed by atoms with van der Waals surface area (Å²) in [5.74, 6) is -0.217. The molecule has 0 saturated heterocycles. The van der Waals surface area contributed by atoms with Crippen molar-refractivity contribution >= 4 is 21.6 Å². The van der Waals surface area contributed by atoms with Crippen molar-refractivity contribution in [1.82, 2.24) is 10.3 Å². The predicted molar refractivity (Wildman–Crippen MR) is 85.1 cm³/mol. The largest absolute Gasteiger partial charge is 0.348 e. The first-order valence-corrected chi connectivity index (χ1v) is 8.44. The van der Waals surface area contributed by atoms with Gasteiger partial charge in [0.25, 0.3) is 5.91 Å². The summed E-state index contributed by atoms with van der Waals surface area (Å²) in [6, 6.07) is 10.0. The maximum Gasteiger partial charge on any atom is 0.251 e. The third-order valence-electron chi connectivity index (χ3n) is 3.19. The molecule has 0 saturated carbocycles. The Morgan fingerprint density at radius 1 is 1.14 bits per heavy atom. The van der Waals surface area contributed by atoms with Crippen LogP contribution in [0.2, 0.25) is 0 Å². The summed E-state index contributed by atoms with van der Waals surface area (Å²) in [5.41, 5.74) is 1.93. The van der Waals surface area contributed by atoms with E-state index in [1.165, 1.54) is 7.05 Å². The zero-order chi connectivity index (χ0) is 16.2. The van der Waals surface area contributed by atoms with E-state index in [1.807, 2.05) is 12.1 Å². The molecule has 7 heteroatoms. The predicted octanol–water partition coefficient (Wildman–Crippen LogP) is 1.41. The first-order chi connectivity index (χ1) is 10.4. The number of aromatic nitrogens is 1. The zero-order valence-corrected chi connectivity index (χ0v) is 13.2. The quantitative estimate of drug-likeness (QED) is 0.903. The number of pyridine rings is 1. The molecule has 2 aromatic rings. The molecule has 22 heavy (non-hydrogen) atoms. The van der Waals surface area contributed by atoms with Crippen LogP contribution < -0.4 is 9.62 Å². The number of rotatable bonds is 5. The number of hydrogen-bond acceptors (Lipinski definition) is 4. The second-order valence-corrected chi connectivity index (χ2v) is 6.83. The average molecular weight is 319 g/mol. The smallest absolute Gasteiger partial charge is 0.251 e. The highest BCUT2D eigenvalue weighted by molar-refractivity contribution is 7.92. The molecule has 1 aromatic carbocycles. The molecule has 0 unspecified atom stereocenters. The van der Waals surface area contributed by atoms with E-state index in [4.69, 9.17) is 0 Å². The summed E-state index contributed by atoms with van der Waals surface area (Å²) in [6.45, 7) is 0.409. The maximum atomic E-state index is 12.0. The van der Waals surface area contributed by atoms with Gasteiger partial charge in [0.2, 0.25) is 10.0 Å². The second kappa shape index (κ2) is 6.57. The van der Waals surface area contributed by atoms with Gasteiger partial charge < -0.3 is 5.32 Å². The minimum absolute atomic E-state index is 0.217. The van der Waals surface area contributed by atoms with Crippen molar-refractivity contribution in [3.05, 3.63) is 59.9 Å². The fourth-order valence-corrected chi connectivity index (χ4v) is 2.30. The Morgan fingerprint density at radius 3 is 2.27 bits per heavy atom.